The minimum Gasteiger partial charge on any atom is -0.563 e. The second-order valence-corrected chi connectivity index (χ2v) is 1.77. The van der Waals surface area contributed by atoms with Gasteiger partial charge in [0.15, 0.2) is 0 Å². The van der Waals surface area contributed by atoms with E-state index in [1.54, 1.807) is 0 Å². The van der Waals surface area contributed by atoms with E-state index >= 15 is 0 Å². The van der Waals surface area contributed by atoms with Crippen molar-refractivity contribution in [2.24, 2.45) is 0 Å². The van der Waals surface area contributed by atoms with E-state index in [1.807, 2.05) is 0 Å². The molecule has 0 aliphatic heterocycles. The van der Waals surface area contributed by atoms with Crippen molar-refractivity contribution in [1.29, 1.82) is 0 Å². The summed E-state index contributed by atoms with van der Waals surface area (Å²) >= 11 is 0. The summed E-state index contributed by atoms with van der Waals surface area (Å²) in [6, 6.07) is 0. The molecule has 41 valence electrons. The smallest absolute Gasteiger partial charge is 0 e. The van der Waals surface area contributed by atoms with Gasteiger partial charge in [-0.3, -0.25) is 0 Å². The zero-order valence-electron chi connectivity index (χ0n) is 4.22. The average molecular weight is 136 g/mol. The molecule has 1 aliphatic rings. The van der Waals surface area contributed by atoms with Gasteiger partial charge in [0.1, 0.15) is 0 Å². The van der Waals surface area contributed by atoms with Crippen LogP contribution in [0.2, 0.25) is 0 Å². The maximum Gasteiger partial charge on any atom is 0 e. The van der Waals surface area contributed by atoms with Gasteiger partial charge in [-0.25, -0.2) is 6.10 Å². The van der Waals surface area contributed by atoms with E-state index in [0.29, 0.717) is 6.10 Å². The van der Waals surface area contributed by atoms with E-state index in [-0.39, 0.29) is 18.6 Å². The molecule has 1 fully saturated rings. The predicted octanol–water partition coefficient (Wildman–Crippen LogP) is 1.46. The Morgan fingerprint density at radius 2 is 1.57 bits per heavy atom. The zero-order valence-corrected chi connectivity index (χ0v) is 5.62. The molecule has 1 rings (SSSR count). The Morgan fingerprint density at radius 3 is 1.71 bits per heavy atom. The molecule has 0 spiro atoms. The number of hydrogen-bond donors (Lipinski definition) is 1. The normalized spacial score (nSPS) is 21.9. The van der Waals surface area contributed by atoms with Crippen LogP contribution in [0.3, 0.4) is 0 Å². The Bertz CT molecular complexity index is 41.3. The zero-order chi connectivity index (χ0) is 4.41. The molecule has 0 unspecified atom stereocenters. The number of rotatable bonds is 0. The van der Waals surface area contributed by atoms with Crippen LogP contribution in [0, 0.1) is 6.10 Å². The van der Waals surface area contributed by atoms with Gasteiger partial charge < -0.3 is 5.11 Å². The maximum atomic E-state index is 8.65. The van der Waals surface area contributed by atoms with Crippen LogP contribution in [0.5, 0.6) is 0 Å². The van der Waals surface area contributed by atoms with Gasteiger partial charge in [0.2, 0.25) is 0 Å². The molecule has 1 radical (unpaired) electrons. The van der Waals surface area contributed by atoms with Crippen LogP contribution in [-0.4, -0.2) is 5.11 Å². The van der Waals surface area contributed by atoms with Crippen molar-refractivity contribution in [3.05, 3.63) is 6.10 Å². The number of aliphatic hydroxyl groups is 1. The largest absolute Gasteiger partial charge is 0.563 e. The fourth-order valence-corrected chi connectivity index (χ4v) is 0.783. The van der Waals surface area contributed by atoms with Gasteiger partial charge in [0, 0.05) is 18.6 Å². The Morgan fingerprint density at radius 1 is 1.14 bits per heavy atom. The van der Waals surface area contributed by atoms with Crippen LogP contribution < -0.4 is 0 Å². The molecule has 1 aliphatic carbocycles. The van der Waals surface area contributed by atoms with Crippen molar-refractivity contribution < 1.29 is 23.7 Å². The molecule has 2 heteroatoms. The molecule has 7 heavy (non-hydrogen) atoms. The predicted molar refractivity (Wildman–Crippen MR) is 23.6 cm³/mol. The van der Waals surface area contributed by atoms with E-state index in [2.05, 4.69) is 0 Å². The molecule has 0 atom stereocenters. The van der Waals surface area contributed by atoms with Gasteiger partial charge in [0.25, 0.3) is 0 Å². The van der Waals surface area contributed by atoms with E-state index < -0.39 is 0 Å². The third kappa shape index (κ3) is 2.37. The number of hydrogen-bond acceptors (Lipinski definition) is 1. The van der Waals surface area contributed by atoms with Gasteiger partial charge in [-0.15, -0.1) is 0 Å². The van der Waals surface area contributed by atoms with E-state index in [1.165, 1.54) is 12.8 Å². The molecule has 0 aromatic heterocycles. The van der Waals surface area contributed by atoms with Gasteiger partial charge in [-0.2, -0.15) is 12.8 Å². The standard InChI is InChI=1S/C5H9O.V/c6-5-3-1-2-4-5;/h6H,1-4H2;/q-1;. The fraction of sp³-hybridized carbons (Fsp3) is 0.800. The summed E-state index contributed by atoms with van der Waals surface area (Å²) in [7, 11) is 0. The molecular weight excluding hydrogens is 127 g/mol. The summed E-state index contributed by atoms with van der Waals surface area (Å²) in [5, 5.41) is 8.65. The van der Waals surface area contributed by atoms with Gasteiger partial charge in [-0.05, 0) is 0 Å². The second kappa shape index (κ2) is 3.53. The Hall–Kier alpha value is 0.544. The number of aliphatic hydroxyl groups excluding tert-OH is 1. The van der Waals surface area contributed by atoms with Crippen molar-refractivity contribution in [3.8, 4) is 0 Å². The molecule has 0 saturated heterocycles. The molecule has 0 bridgehead atoms. The van der Waals surface area contributed by atoms with E-state index in [4.69, 9.17) is 5.11 Å². The summed E-state index contributed by atoms with van der Waals surface area (Å²) in [5.41, 5.74) is 0. The van der Waals surface area contributed by atoms with Crippen LogP contribution in [0.1, 0.15) is 25.7 Å². The first-order valence-electron chi connectivity index (χ1n) is 2.43. The minimum atomic E-state index is 0. The van der Waals surface area contributed by atoms with E-state index in [0.717, 1.165) is 12.8 Å². The Labute approximate surface area is 56.0 Å². The minimum absolute atomic E-state index is 0. The molecule has 0 amide bonds. The third-order valence-corrected chi connectivity index (χ3v) is 1.18. The van der Waals surface area contributed by atoms with Crippen molar-refractivity contribution in [2.75, 3.05) is 0 Å². The Kier molecular flexibility index (Phi) is 3.81. The van der Waals surface area contributed by atoms with Crippen LogP contribution in [0.4, 0.5) is 0 Å². The van der Waals surface area contributed by atoms with Crippen molar-refractivity contribution in [2.45, 2.75) is 25.7 Å². The topological polar surface area (TPSA) is 20.2 Å². The summed E-state index contributed by atoms with van der Waals surface area (Å²) in [5.74, 6) is 0. The summed E-state index contributed by atoms with van der Waals surface area (Å²) in [6.45, 7) is 0. The SMILES string of the molecule is O[C-]1CCCC1.[V]. The molecule has 1 nitrogen and oxygen atoms in total. The van der Waals surface area contributed by atoms with Crippen LogP contribution in [-0.2, 0) is 18.6 Å². The summed E-state index contributed by atoms with van der Waals surface area (Å²) in [6.07, 6.45) is 5.02. The van der Waals surface area contributed by atoms with E-state index in [9.17, 15) is 0 Å². The quantitative estimate of drug-likeness (QED) is 0.500. The average Bonchev–Trinajstić information content (AvgIpc) is 1.86. The van der Waals surface area contributed by atoms with Crippen molar-refractivity contribution in [1.82, 2.24) is 0 Å². The first-order chi connectivity index (χ1) is 2.89. The molecule has 1 N–H and O–H groups in total. The van der Waals surface area contributed by atoms with Crippen molar-refractivity contribution in [3.63, 3.8) is 0 Å². The van der Waals surface area contributed by atoms with Gasteiger partial charge >= 0.3 is 0 Å². The maximum absolute atomic E-state index is 8.65. The first kappa shape index (κ1) is 7.54. The van der Waals surface area contributed by atoms with Crippen LogP contribution >= 0.6 is 0 Å². The Balaban J connectivity index is 0.000000360. The van der Waals surface area contributed by atoms with Gasteiger partial charge in [-0.1, -0.05) is 12.8 Å². The monoisotopic (exact) mass is 136 g/mol. The summed E-state index contributed by atoms with van der Waals surface area (Å²) < 4.78 is 0. The van der Waals surface area contributed by atoms with Gasteiger partial charge in [0.05, 0.1) is 0 Å². The molecular formula is C5H9OV-. The molecule has 0 heterocycles. The fourth-order valence-electron chi connectivity index (χ4n) is 0.783. The van der Waals surface area contributed by atoms with Crippen LogP contribution in [0.15, 0.2) is 0 Å². The molecule has 0 aromatic carbocycles. The first-order valence-corrected chi connectivity index (χ1v) is 2.43. The molecule has 1 saturated carbocycles. The molecule has 0 aromatic rings. The van der Waals surface area contributed by atoms with Crippen molar-refractivity contribution >= 4 is 0 Å². The summed E-state index contributed by atoms with van der Waals surface area (Å²) in [4.78, 5) is 0. The second-order valence-electron chi connectivity index (χ2n) is 1.77. The third-order valence-electron chi connectivity index (χ3n) is 1.18. The van der Waals surface area contributed by atoms with Crippen LogP contribution in [0.25, 0.3) is 0 Å².